The van der Waals surface area contributed by atoms with E-state index in [1.165, 1.54) is 12.8 Å². The number of nitrogens with zero attached hydrogens (tertiary/aromatic N) is 3. The third-order valence-corrected chi connectivity index (χ3v) is 4.91. The first-order valence-electron chi connectivity index (χ1n) is 8.41. The number of carbonyl (C=O) groups is 1. The standard InChI is InChI=1S/C17H26N4O.2ClH/c1-13(18)15-5-4-10-21(12-15)17(22)14-6-7-16(19-11-14)20-8-2-3-9-20;;/h6-7,11,13,15H,2-5,8-10,12,18H2,1H3;2*1H. The Hall–Kier alpha value is -1.04. The molecule has 1 aromatic rings. The Labute approximate surface area is 156 Å². The molecule has 2 unspecified atom stereocenters. The van der Waals surface area contributed by atoms with Crippen molar-refractivity contribution in [1.82, 2.24) is 9.88 Å². The maximum Gasteiger partial charge on any atom is 0.255 e. The topological polar surface area (TPSA) is 62.5 Å². The van der Waals surface area contributed by atoms with E-state index in [1.807, 2.05) is 24.0 Å². The molecule has 136 valence electrons. The van der Waals surface area contributed by atoms with Crippen LogP contribution < -0.4 is 10.6 Å². The Morgan fingerprint density at radius 2 is 1.92 bits per heavy atom. The van der Waals surface area contributed by atoms with E-state index in [4.69, 9.17) is 5.73 Å². The Kier molecular flexibility index (Phi) is 8.27. The van der Waals surface area contributed by atoms with Gasteiger partial charge in [-0.2, -0.15) is 0 Å². The van der Waals surface area contributed by atoms with Gasteiger partial charge in [-0.1, -0.05) is 0 Å². The van der Waals surface area contributed by atoms with Crippen LogP contribution in [0.3, 0.4) is 0 Å². The largest absolute Gasteiger partial charge is 0.357 e. The molecule has 2 aliphatic rings. The van der Waals surface area contributed by atoms with E-state index < -0.39 is 0 Å². The van der Waals surface area contributed by atoms with Crippen molar-refractivity contribution < 1.29 is 4.79 Å². The first kappa shape index (κ1) is 21.0. The molecule has 0 spiro atoms. The second kappa shape index (κ2) is 9.44. The number of amides is 1. The fourth-order valence-corrected chi connectivity index (χ4v) is 3.45. The second-order valence-electron chi connectivity index (χ2n) is 6.61. The van der Waals surface area contributed by atoms with Gasteiger partial charge >= 0.3 is 0 Å². The number of rotatable bonds is 3. The lowest BCUT2D eigenvalue weighted by atomic mass is 9.92. The third kappa shape index (κ3) is 4.74. The molecular formula is C17H28Cl2N4O. The molecule has 2 aliphatic heterocycles. The van der Waals surface area contributed by atoms with Crippen molar-refractivity contribution >= 4 is 36.5 Å². The Bertz CT molecular complexity index is 518. The lowest BCUT2D eigenvalue weighted by molar-refractivity contribution is 0.0660. The number of nitrogens with two attached hydrogens (primary N) is 1. The molecule has 1 amide bonds. The highest BCUT2D eigenvalue weighted by atomic mass is 35.5. The van der Waals surface area contributed by atoms with Crippen molar-refractivity contribution in [2.45, 2.75) is 38.6 Å². The Balaban J connectivity index is 0.00000144. The maximum absolute atomic E-state index is 12.6. The SMILES string of the molecule is CC(N)C1CCCN(C(=O)c2ccc(N3CCCC3)nc2)C1.Cl.Cl. The molecule has 0 saturated carbocycles. The van der Waals surface area contributed by atoms with E-state index in [0.29, 0.717) is 11.5 Å². The van der Waals surface area contributed by atoms with Crippen LogP contribution in [0.4, 0.5) is 5.82 Å². The minimum Gasteiger partial charge on any atom is -0.357 e. The van der Waals surface area contributed by atoms with Crippen LogP contribution in [0.2, 0.25) is 0 Å². The molecule has 2 atom stereocenters. The van der Waals surface area contributed by atoms with Crippen molar-refractivity contribution in [3.8, 4) is 0 Å². The van der Waals surface area contributed by atoms with Gasteiger partial charge in [0.05, 0.1) is 5.56 Å². The van der Waals surface area contributed by atoms with Crippen molar-refractivity contribution in [2.75, 3.05) is 31.1 Å². The third-order valence-electron chi connectivity index (χ3n) is 4.91. The zero-order valence-electron chi connectivity index (χ0n) is 14.2. The number of aromatic nitrogens is 1. The van der Waals surface area contributed by atoms with Gasteiger partial charge in [0.25, 0.3) is 5.91 Å². The Morgan fingerprint density at radius 1 is 1.21 bits per heavy atom. The number of likely N-dealkylation sites (tertiary alicyclic amines) is 1. The molecule has 0 aliphatic carbocycles. The summed E-state index contributed by atoms with van der Waals surface area (Å²) in [6.07, 6.45) is 6.35. The van der Waals surface area contributed by atoms with Gasteiger partial charge in [0.2, 0.25) is 0 Å². The normalized spacial score (nSPS) is 21.7. The van der Waals surface area contributed by atoms with Gasteiger partial charge < -0.3 is 15.5 Å². The number of hydrogen-bond acceptors (Lipinski definition) is 4. The molecule has 7 heteroatoms. The van der Waals surface area contributed by atoms with Crippen molar-refractivity contribution in [3.05, 3.63) is 23.9 Å². The van der Waals surface area contributed by atoms with Crippen LogP contribution in [-0.4, -0.2) is 48.0 Å². The van der Waals surface area contributed by atoms with Gasteiger partial charge in [-0.25, -0.2) is 4.98 Å². The van der Waals surface area contributed by atoms with Crippen molar-refractivity contribution in [2.24, 2.45) is 11.7 Å². The van der Waals surface area contributed by atoms with E-state index in [-0.39, 0.29) is 36.8 Å². The van der Waals surface area contributed by atoms with Crippen LogP contribution in [0.1, 0.15) is 43.0 Å². The highest BCUT2D eigenvalue weighted by molar-refractivity contribution is 5.94. The zero-order chi connectivity index (χ0) is 15.5. The molecule has 1 aromatic heterocycles. The molecule has 24 heavy (non-hydrogen) atoms. The molecular weight excluding hydrogens is 347 g/mol. The molecule has 0 radical (unpaired) electrons. The smallest absolute Gasteiger partial charge is 0.255 e. The summed E-state index contributed by atoms with van der Waals surface area (Å²) in [6, 6.07) is 4.04. The molecule has 2 fully saturated rings. The van der Waals surface area contributed by atoms with Crippen LogP contribution in [0, 0.1) is 5.92 Å². The minimum atomic E-state index is 0. The predicted octanol–water partition coefficient (Wildman–Crippen LogP) is 2.72. The summed E-state index contributed by atoms with van der Waals surface area (Å²) in [5.74, 6) is 1.49. The van der Waals surface area contributed by atoms with E-state index in [1.54, 1.807) is 6.20 Å². The lowest BCUT2D eigenvalue weighted by Crippen LogP contribution is -2.45. The zero-order valence-corrected chi connectivity index (χ0v) is 15.8. The highest BCUT2D eigenvalue weighted by Gasteiger charge is 2.26. The quantitative estimate of drug-likeness (QED) is 0.883. The summed E-state index contributed by atoms with van der Waals surface area (Å²) < 4.78 is 0. The molecule has 3 rings (SSSR count). The minimum absolute atomic E-state index is 0. The predicted molar refractivity (Wildman–Crippen MR) is 102 cm³/mol. The summed E-state index contributed by atoms with van der Waals surface area (Å²) in [7, 11) is 0. The average Bonchev–Trinajstić information content (AvgIpc) is 3.09. The maximum atomic E-state index is 12.6. The average molecular weight is 375 g/mol. The fraction of sp³-hybridized carbons (Fsp3) is 0.647. The van der Waals surface area contributed by atoms with Gasteiger partial charge in [-0.3, -0.25) is 4.79 Å². The fourth-order valence-electron chi connectivity index (χ4n) is 3.45. The van der Waals surface area contributed by atoms with Crippen LogP contribution in [-0.2, 0) is 0 Å². The van der Waals surface area contributed by atoms with Gasteiger partial charge in [0, 0.05) is 38.4 Å². The highest BCUT2D eigenvalue weighted by Crippen LogP contribution is 2.22. The number of anilines is 1. The van der Waals surface area contributed by atoms with E-state index in [9.17, 15) is 4.79 Å². The first-order chi connectivity index (χ1) is 10.6. The Morgan fingerprint density at radius 3 is 2.50 bits per heavy atom. The van der Waals surface area contributed by atoms with Crippen molar-refractivity contribution in [3.63, 3.8) is 0 Å². The second-order valence-corrected chi connectivity index (χ2v) is 6.61. The van der Waals surface area contributed by atoms with Crippen LogP contribution in [0.5, 0.6) is 0 Å². The van der Waals surface area contributed by atoms with Crippen LogP contribution >= 0.6 is 24.8 Å². The lowest BCUT2D eigenvalue weighted by Gasteiger charge is -2.34. The van der Waals surface area contributed by atoms with Crippen LogP contribution in [0.25, 0.3) is 0 Å². The van der Waals surface area contributed by atoms with E-state index >= 15 is 0 Å². The molecule has 3 heterocycles. The first-order valence-corrected chi connectivity index (χ1v) is 8.41. The van der Waals surface area contributed by atoms with E-state index in [0.717, 1.165) is 44.8 Å². The summed E-state index contributed by atoms with van der Waals surface area (Å²) in [6.45, 7) is 5.77. The van der Waals surface area contributed by atoms with Gasteiger partial charge in [0.15, 0.2) is 0 Å². The van der Waals surface area contributed by atoms with E-state index in [2.05, 4.69) is 9.88 Å². The molecule has 0 bridgehead atoms. The van der Waals surface area contributed by atoms with Gasteiger partial charge in [-0.15, -0.1) is 24.8 Å². The molecule has 2 saturated heterocycles. The molecule has 5 nitrogen and oxygen atoms in total. The number of pyridine rings is 1. The van der Waals surface area contributed by atoms with Gasteiger partial charge in [0.1, 0.15) is 5.82 Å². The number of hydrogen-bond donors (Lipinski definition) is 1. The van der Waals surface area contributed by atoms with Crippen LogP contribution in [0.15, 0.2) is 18.3 Å². The van der Waals surface area contributed by atoms with Crippen molar-refractivity contribution in [1.29, 1.82) is 0 Å². The number of halogens is 2. The number of carbonyl (C=O) groups excluding carboxylic acids is 1. The summed E-state index contributed by atoms with van der Waals surface area (Å²) in [4.78, 5) is 21.3. The number of piperidine rings is 1. The molecule has 2 N–H and O–H groups in total. The summed E-state index contributed by atoms with van der Waals surface area (Å²) >= 11 is 0. The summed E-state index contributed by atoms with van der Waals surface area (Å²) in [5, 5.41) is 0. The summed E-state index contributed by atoms with van der Waals surface area (Å²) in [5.41, 5.74) is 6.69. The monoisotopic (exact) mass is 374 g/mol. The molecule has 0 aromatic carbocycles. The van der Waals surface area contributed by atoms with Gasteiger partial charge in [-0.05, 0) is 50.7 Å².